The minimum Gasteiger partial charge on any atom is -0.377 e. The fourth-order valence-corrected chi connectivity index (χ4v) is 3.33. The van der Waals surface area contributed by atoms with Gasteiger partial charge in [-0.2, -0.15) is 0 Å². The largest absolute Gasteiger partial charge is 0.377 e. The van der Waals surface area contributed by atoms with Crippen LogP contribution >= 0.6 is 0 Å². The van der Waals surface area contributed by atoms with Gasteiger partial charge in [0.25, 0.3) is 0 Å². The van der Waals surface area contributed by atoms with Crippen LogP contribution in [0.15, 0.2) is 0 Å². The zero-order valence-corrected chi connectivity index (χ0v) is 11.2. The molecule has 2 rings (SSSR count). The quantitative estimate of drug-likeness (QED) is 0.768. The summed E-state index contributed by atoms with van der Waals surface area (Å²) in [5, 5.41) is 6.32. The normalized spacial score (nSPS) is 35.9. The molecule has 1 aliphatic heterocycles. The van der Waals surface area contributed by atoms with E-state index in [1.807, 2.05) is 13.8 Å². The van der Waals surface area contributed by atoms with Gasteiger partial charge in [-0.25, -0.2) is 0 Å². The number of nitrogens with one attached hydrogen (secondary N) is 2. The van der Waals surface area contributed by atoms with E-state index in [1.165, 1.54) is 0 Å². The third-order valence-electron chi connectivity index (χ3n) is 4.27. The molecule has 1 saturated heterocycles. The number of rotatable bonds is 4. The molecule has 0 bridgehead atoms. The predicted octanol–water partition coefficient (Wildman–Crippen LogP) is 0.914. The van der Waals surface area contributed by atoms with Crippen LogP contribution < -0.4 is 10.6 Å². The lowest BCUT2D eigenvalue weighted by Gasteiger charge is -2.55. The van der Waals surface area contributed by atoms with Crippen molar-refractivity contribution in [3.8, 4) is 0 Å². The van der Waals surface area contributed by atoms with Crippen LogP contribution in [-0.2, 0) is 9.53 Å². The highest BCUT2D eigenvalue weighted by molar-refractivity contribution is 5.81. The monoisotopic (exact) mass is 240 g/mol. The van der Waals surface area contributed by atoms with Crippen LogP contribution in [0.1, 0.15) is 34.1 Å². The van der Waals surface area contributed by atoms with Crippen molar-refractivity contribution in [2.24, 2.45) is 11.3 Å². The van der Waals surface area contributed by atoms with E-state index in [0.717, 1.165) is 13.0 Å². The number of likely N-dealkylation sites (N-methyl/N-ethyl adjacent to an activating group) is 1. The van der Waals surface area contributed by atoms with Crippen molar-refractivity contribution in [3.05, 3.63) is 0 Å². The summed E-state index contributed by atoms with van der Waals surface area (Å²) in [4.78, 5) is 11.7. The summed E-state index contributed by atoms with van der Waals surface area (Å²) >= 11 is 0. The molecular formula is C13H24N2O2. The summed E-state index contributed by atoms with van der Waals surface area (Å²) in [7, 11) is 0. The number of ether oxygens (including phenoxy) is 1. The van der Waals surface area contributed by atoms with E-state index < -0.39 is 0 Å². The van der Waals surface area contributed by atoms with E-state index in [-0.39, 0.29) is 17.4 Å². The Labute approximate surface area is 103 Å². The van der Waals surface area contributed by atoms with Crippen molar-refractivity contribution >= 4 is 5.91 Å². The Hall–Kier alpha value is -0.610. The first kappa shape index (κ1) is 12.8. The highest BCUT2D eigenvalue weighted by atomic mass is 16.5. The smallest absolute Gasteiger partial charge is 0.236 e. The minimum atomic E-state index is -0.124. The van der Waals surface area contributed by atoms with E-state index in [0.29, 0.717) is 24.6 Å². The fourth-order valence-electron chi connectivity index (χ4n) is 3.33. The highest BCUT2D eigenvalue weighted by Crippen LogP contribution is 2.52. The van der Waals surface area contributed by atoms with E-state index in [1.54, 1.807) is 0 Å². The van der Waals surface area contributed by atoms with Crippen LogP contribution in [0.3, 0.4) is 0 Å². The van der Waals surface area contributed by atoms with Gasteiger partial charge in [0.05, 0.1) is 12.1 Å². The van der Waals surface area contributed by atoms with Crippen LogP contribution in [0.5, 0.6) is 0 Å². The maximum absolute atomic E-state index is 11.7. The van der Waals surface area contributed by atoms with Crippen molar-refractivity contribution < 1.29 is 9.53 Å². The van der Waals surface area contributed by atoms with Crippen molar-refractivity contribution in [2.75, 3.05) is 13.2 Å². The number of hydrogen-bond donors (Lipinski definition) is 2. The summed E-state index contributed by atoms with van der Waals surface area (Å²) in [6.07, 6.45) is 1.50. The maximum Gasteiger partial charge on any atom is 0.236 e. The number of hydrogen-bond acceptors (Lipinski definition) is 3. The van der Waals surface area contributed by atoms with Gasteiger partial charge < -0.3 is 15.4 Å². The lowest BCUT2D eigenvalue weighted by molar-refractivity contribution is -0.130. The standard InChI is InChI=1S/C13H24N2O2/c1-5-14-12(16)8(2)15-10-9-6-7-17-11(9)13(10,3)4/h8-11,15H,5-7H2,1-4H3,(H,14,16). The predicted molar refractivity (Wildman–Crippen MR) is 66.7 cm³/mol. The van der Waals surface area contributed by atoms with Crippen LogP contribution in [-0.4, -0.2) is 37.2 Å². The van der Waals surface area contributed by atoms with E-state index in [2.05, 4.69) is 24.5 Å². The van der Waals surface area contributed by atoms with Gasteiger partial charge >= 0.3 is 0 Å². The molecule has 0 aromatic heterocycles. The van der Waals surface area contributed by atoms with E-state index in [9.17, 15) is 4.79 Å². The number of carbonyl (C=O) groups is 1. The molecule has 0 aromatic carbocycles. The molecule has 1 heterocycles. The topological polar surface area (TPSA) is 50.4 Å². The molecule has 4 heteroatoms. The molecule has 2 aliphatic rings. The first-order chi connectivity index (χ1) is 7.98. The first-order valence-corrected chi connectivity index (χ1v) is 6.63. The Morgan fingerprint density at radius 3 is 2.88 bits per heavy atom. The number of carbonyl (C=O) groups excluding carboxylic acids is 1. The summed E-state index contributed by atoms with van der Waals surface area (Å²) in [6, 6.07) is 0.272. The van der Waals surface area contributed by atoms with Crippen LogP contribution in [0, 0.1) is 11.3 Å². The molecule has 2 N–H and O–H groups in total. The van der Waals surface area contributed by atoms with Crippen LogP contribution in [0.4, 0.5) is 0 Å². The molecule has 4 unspecified atom stereocenters. The summed E-state index contributed by atoms with van der Waals surface area (Å²) in [6.45, 7) is 9.88. The van der Waals surface area contributed by atoms with Gasteiger partial charge in [-0.1, -0.05) is 13.8 Å². The van der Waals surface area contributed by atoms with Crippen molar-refractivity contribution in [3.63, 3.8) is 0 Å². The Kier molecular flexibility index (Phi) is 3.46. The average molecular weight is 240 g/mol. The third kappa shape index (κ3) is 2.08. The van der Waals surface area contributed by atoms with Crippen molar-refractivity contribution in [1.29, 1.82) is 0 Å². The molecule has 2 fully saturated rings. The molecule has 1 amide bonds. The summed E-state index contributed by atoms with van der Waals surface area (Å²) < 4.78 is 5.75. The lowest BCUT2D eigenvalue weighted by Crippen LogP contribution is -2.68. The van der Waals surface area contributed by atoms with E-state index in [4.69, 9.17) is 4.74 Å². The van der Waals surface area contributed by atoms with Gasteiger partial charge in [-0.05, 0) is 20.3 Å². The molecule has 1 saturated carbocycles. The van der Waals surface area contributed by atoms with Gasteiger partial charge in [0, 0.05) is 30.5 Å². The summed E-state index contributed by atoms with van der Waals surface area (Å²) in [5.41, 5.74) is 0.141. The van der Waals surface area contributed by atoms with Gasteiger partial charge in [0.1, 0.15) is 0 Å². The highest BCUT2D eigenvalue weighted by Gasteiger charge is 2.59. The second kappa shape index (κ2) is 4.58. The van der Waals surface area contributed by atoms with Crippen molar-refractivity contribution in [1.82, 2.24) is 10.6 Å². The second-order valence-electron chi connectivity index (χ2n) is 5.83. The summed E-state index contributed by atoms with van der Waals surface area (Å²) in [5.74, 6) is 0.674. The van der Waals surface area contributed by atoms with Gasteiger partial charge in [-0.15, -0.1) is 0 Å². The maximum atomic E-state index is 11.7. The molecule has 17 heavy (non-hydrogen) atoms. The molecule has 0 spiro atoms. The molecule has 0 aromatic rings. The molecule has 0 radical (unpaired) electrons. The SMILES string of the molecule is CCNC(=O)C(C)NC1C2CCOC2C1(C)C. The lowest BCUT2D eigenvalue weighted by atomic mass is 9.57. The van der Waals surface area contributed by atoms with Crippen LogP contribution in [0.25, 0.3) is 0 Å². The number of fused-ring (bicyclic) bond motifs is 1. The zero-order chi connectivity index (χ0) is 12.6. The molecule has 1 aliphatic carbocycles. The van der Waals surface area contributed by atoms with E-state index >= 15 is 0 Å². The van der Waals surface area contributed by atoms with Gasteiger partial charge in [-0.3, -0.25) is 4.79 Å². The van der Waals surface area contributed by atoms with Crippen LogP contribution in [0.2, 0.25) is 0 Å². The molecule has 4 atom stereocenters. The molecule has 98 valence electrons. The molecule has 4 nitrogen and oxygen atoms in total. The Bertz CT molecular complexity index is 304. The van der Waals surface area contributed by atoms with Gasteiger partial charge in [0.2, 0.25) is 5.91 Å². The number of amides is 1. The average Bonchev–Trinajstić information content (AvgIpc) is 2.72. The third-order valence-corrected chi connectivity index (χ3v) is 4.27. The van der Waals surface area contributed by atoms with Gasteiger partial charge in [0.15, 0.2) is 0 Å². The fraction of sp³-hybridized carbons (Fsp3) is 0.923. The Morgan fingerprint density at radius 1 is 1.53 bits per heavy atom. The minimum absolute atomic E-state index is 0.0886. The van der Waals surface area contributed by atoms with Crippen molar-refractivity contribution in [2.45, 2.75) is 52.3 Å². The zero-order valence-electron chi connectivity index (χ0n) is 11.2. The Balaban J connectivity index is 1.93. The second-order valence-corrected chi connectivity index (χ2v) is 5.83. The Morgan fingerprint density at radius 2 is 2.24 bits per heavy atom. The molecular weight excluding hydrogens is 216 g/mol. The first-order valence-electron chi connectivity index (χ1n) is 6.63.